The molecule has 0 radical (unpaired) electrons. The van der Waals surface area contributed by atoms with Gasteiger partial charge >= 0.3 is 6.18 Å². The molecule has 150 valence electrons. The molecular weight excluding hydrogens is 411 g/mol. The number of nitrogens with one attached hydrogen (secondary N) is 2. The SMILES string of the molecule is CCSc1cc(C(F)(F)F)cnc1C(=O)Nc1c(C)cc(Cl)cc1NC1CC1. The lowest BCUT2D eigenvalue weighted by atomic mass is 10.1. The summed E-state index contributed by atoms with van der Waals surface area (Å²) >= 11 is 7.27. The minimum absolute atomic E-state index is 0.0356. The molecule has 1 fully saturated rings. The van der Waals surface area contributed by atoms with Gasteiger partial charge in [0.05, 0.1) is 16.9 Å². The van der Waals surface area contributed by atoms with Crippen LogP contribution in [-0.4, -0.2) is 22.7 Å². The van der Waals surface area contributed by atoms with Gasteiger partial charge in [0.2, 0.25) is 0 Å². The Morgan fingerprint density at radius 1 is 1.32 bits per heavy atom. The van der Waals surface area contributed by atoms with Gasteiger partial charge in [0.1, 0.15) is 5.69 Å². The molecule has 1 amide bonds. The van der Waals surface area contributed by atoms with Crippen molar-refractivity contribution in [3.05, 3.63) is 46.2 Å². The number of alkyl halides is 3. The first kappa shape index (κ1) is 20.8. The topological polar surface area (TPSA) is 54.0 Å². The summed E-state index contributed by atoms with van der Waals surface area (Å²) in [4.78, 5) is 16.8. The predicted octanol–water partition coefficient (Wildman–Crippen LogP) is 6.00. The van der Waals surface area contributed by atoms with Gasteiger partial charge in [-0.15, -0.1) is 11.8 Å². The fourth-order valence-corrected chi connectivity index (χ4v) is 3.76. The van der Waals surface area contributed by atoms with Gasteiger partial charge in [0.25, 0.3) is 5.91 Å². The zero-order valence-electron chi connectivity index (χ0n) is 15.3. The molecule has 0 aliphatic heterocycles. The second-order valence-electron chi connectivity index (χ2n) is 6.52. The third-order valence-corrected chi connectivity index (χ3v) is 5.30. The van der Waals surface area contributed by atoms with Crippen molar-refractivity contribution in [3.63, 3.8) is 0 Å². The average molecular weight is 430 g/mol. The van der Waals surface area contributed by atoms with E-state index in [-0.39, 0.29) is 10.6 Å². The van der Waals surface area contributed by atoms with E-state index in [2.05, 4.69) is 15.6 Å². The van der Waals surface area contributed by atoms with E-state index in [0.29, 0.717) is 34.4 Å². The van der Waals surface area contributed by atoms with E-state index in [4.69, 9.17) is 11.6 Å². The summed E-state index contributed by atoms with van der Waals surface area (Å²) in [5.41, 5.74) is 1.08. The first-order chi connectivity index (χ1) is 13.2. The number of thioether (sulfide) groups is 1. The van der Waals surface area contributed by atoms with E-state index in [9.17, 15) is 18.0 Å². The average Bonchev–Trinajstić information content (AvgIpc) is 3.41. The molecule has 1 heterocycles. The highest BCUT2D eigenvalue weighted by Crippen LogP contribution is 2.36. The summed E-state index contributed by atoms with van der Waals surface area (Å²) in [6.45, 7) is 3.61. The molecule has 0 spiro atoms. The largest absolute Gasteiger partial charge is 0.417 e. The van der Waals surface area contributed by atoms with Crippen molar-refractivity contribution in [2.24, 2.45) is 0 Å². The second-order valence-corrected chi connectivity index (χ2v) is 8.26. The Labute approximate surface area is 170 Å². The van der Waals surface area contributed by atoms with E-state index in [1.54, 1.807) is 26.0 Å². The third-order valence-electron chi connectivity index (χ3n) is 4.17. The number of carbonyl (C=O) groups is 1. The molecule has 0 saturated heterocycles. The molecule has 28 heavy (non-hydrogen) atoms. The van der Waals surface area contributed by atoms with Crippen LogP contribution in [0.15, 0.2) is 29.3 Å². The van der Waals surface area contributed by atoms with Crippen LogP contribution in [0.5, 0.6) is 0 Å². The lowest BCUT2D eigenvalue weighted by Gasteiger charge is -2.17. The lowest BCUT2D eigenvalue weighted by Crippen LogP contribution is -2.18. The Balaban J connectivity index is 1.93. The van der Waals surface area contributed by atoms with Crippen LogP contribution in [0, 0.1) is 6.92 Å². The maximum Gasteiger partial charge on any atom is 0.417 e. The Hall–Kier alpha value is -1.93. The lowest BCUT2D eigenvalue weighted by molar-refractivity contribution is -0.138. The van der Waals surface area contributed by atoms with Gasteiger partial charge in [-0.05, 0) is 49.3 Å². The molecular formula is C19H19ClF3N3OS. The molecule has 2 N–H and O–H groups in total. The van der Waals surface area contributed by atoms with Gasteiger partial charge in [0, 0.05) is 22.2 Å². The van der Waals surface area contributed by atoms with E-state index in [1.165, 1.54) is 0 Å². The minimum Gasteiger partial charge on any atom is -0.381 e. The number of carbonyl (C=O) groups excluding carboxylic acids is 1. The van der Waals surface area contributed by atoms with Gasteiger partial charge in [-0.25, -0.2) is 4.98 Å². The highest BCUT2D eigenvalue weighted by atomic mass is 35.5. The number of hydrogen-bond acceptors (Lipinski definition) is 4. The zero-order valence-corrected chi connectivity index (χ0v) is 16.9. The van der Waals surface area contributed by atoms with Crippen LogP contribution in [0.25, 0.3) is 0 Å². The van der Waals surface area contributed by atoms with Crippen molar-refractivity contribution in [2.45, 2.75) is 43.8 Å². The highest BCUT2D eigenvalue weighted by Gasteiger charge is 2.32. The molecule has 9 heteroatoms. The smallest absolute Gasteiger partial charge is 0.381 e. The number of benzene rings is 1. The number of nitrogens with zero attached hydrogens (tertiary/aromatic N) is 1. The maximum absolute atomic E-state index is 13.0. The van der Waals surface area contributed by atoms with Crippen LogP contribution in [0.4, 0.5) is 24.5 Å². The van der Waals surface area contributed by atoms with E-state index >= 15 is 0 Å². The molecule has 1 saturated carbocycles. The standard InChI is InChI=1S/C19H19ClF3N3OS/c1-3-28-15-7-11(19(21,22)23)9-24-17(15)18(27)26-16-10(2)6-12(20)8-14(16)25-13-4-5-13/h6-9,13,25H,3-5H2,1-2H3,(H,26,27). The van der Waals surface area contributed by atoms with Crippen molar-refractivity contribution >= 4 is 40.6 Å². The quantitative estimate of drug-likeness (QED) is 0.553. The van der Waals surface area contributed by atoms with Crippen LogP contribution in [-0.2, 0) is 6.18 Å². The summed E-state index contributed by atoms with van der Waals surface area (Å²) in [5, 5.41) is 6.65. The van der Waals surface area contributed by atoms with Crippen molar-refractivity contribution in [1.29, 1.82) is 0 Å². The van der Waals surface area contributed by atoms with Gasteiger partial charge in [-0.3, -0.25) is 4.79 Å². The van der Waals surface area contributed by atoms with E-state index in [0.717, 1.165) is 36.2 Å². The number of anilines is 2. The highest BCUT2D eigenvalue weighted by molar-refractivity contribution is 7.99. The molecule has 0 atom stereocenters. The fraction of sp³-hybridized carbons (Fsp3) is 0.368. The van der Waals surface area contributed by atoms with Crippen molar-refractivity contribution in [3.8, 4) is 0 Å². The predicted molar refractivity (Wildman–Crippen MR) is 106 cm³/mol. The Bertz CT molecular complexity index is 901. The minimum atomic E-state index is -4.51. The number of rotatable bonds is 6. The number of amides is 1. The molecule has 3 rings (SSSR count). The summed E-state index contributed by atoms with van der Waals surface area (Å²) in [6.07, 6.45) is -1.75. The van der Waals surface area contributed by atoms with Gasteiger partial charge in [-0.1, -0.05) is 18.5 Å². The Kier molecular flexibility index (Phi) is 6.09. The van der Waals surface area contributed by atoms with Crippen LogP contribution in [0.1, 0.15) is 41.4 Å². The zero-order chi connectivity index (χ0) is 20.5. The van der Waals surface area contributed by atoms with E-state index in [1.807, 2.05) is 0 Å². The van der Waals surface area contributed by atoms with Crippen LogP contribution >= 0.6 is 23.4 Å². The first-order valence-electron chi connectivity index (χ1n) is 8.77. The summed E-state index contributed by atoms with van der Waals surface area (Å²) in [6, 6.07) is 4.75. The van der Waals surface area contributed by atoms with Crippen LogP contribution in [0.3, 0.4) is 0 Å². The summed E-state index contributed by atoms with van der Waals surface area (Å²) < 4.78 is 39.0. The number of pyridine rings is 1. The number of aryl methyl sites for hydroxylation is 1. The molecule has 1 aromatic carbocycles. The van der Waals surface area contributed by atoms with E-state index < -0.39 is 17.6 Å². The van der Waals surface area contributed by atoms with Crippen LogP contribution < -0.4 is 10.6 Å². The second kappa shape index (κ2) is 8.21. The molecule has 1 aromatic heterocycles. The van der Waals surface area contributed by atoms with Gasteiger partial charge in [-0.2, -0.15) is 13.2 Å². The Morgan fingerprint density at radius 2 is 2.04 bits per heavy atom. The van der Waals surface area contributed by atoms with Crippen molar-refractivity contribution in [2.75, 3.05) is 16.4 Å². The fourth-order valence-electron chi connectivity index (χ4n) is 2.68. The number of hydrogen-bond donors (Lipinski definition) is 2. The monoisotopic (exact) mass is 429 g/mol. The molecule has 4 nitrogen and oxygen atoms in total. The summed E-state index contributed by atoms with van der Waals surface area (Å²) in [7, 11) is 0. The molecule has 0 unspecified atom stereocenters. The Morgan fingerprint density at radius 3 is 2.64 bits per heavy atom. The van der Waals surface area contributed by atoms with Crippen LogP contribution in [0.2, 0.25) is 5.02 Å². The normalized spacial score (nSPS) is 14.1. The summed E-state index contributed by atoms with van der Waals surface area (Å²) in [5.74, 6) is -0.0495. The molecule has 1 aliphatic carbocycles. The molecule has 2 aromatic rings. The van der Waals surface area contributed by atoms with Crippen molar-refractivity contribution in [1.82, 2.24) is 4.98 Å². The van der Waals surface area contributed by atoms with Gasteiger partial charge < -0.3 is 10.6 Å². The first-order valence-corrected chi connectivity index (χ1v) is 10.1. The van der Waals surface area contributed by atoms with Crippen molar-refractivity contribution < 1.29 is 18.0 Å². The maximum atomic E-state index is 13.0. The third kappa shape index (κ3) is 4.91. The number of halogens is 4. The molecule has 1 aliphatic rings. The van der Waals surface area contributed by atoms with Gasteiger partial charge in [0.15, 0.2) is 0 Å². The number of aromatic nitrogens is 1. The molecule has 0 bridgehead atoms.